The maximum atomic E-state index is 7.94. The molecule has 0 saturated heterocycles. The van der Waals surface area contributed by atoms with E-state index in [4.69, 9.17) is 31.5 Å². The number of para-hydroxylation sites is 1. The second-order valence-electron chi connectivity index (χ2n) is 23.5. The summed E-state index contributed by atoms with van der Waals surface area (Å²) in [6.45, 7) is 35.1. The Morgan fingerprint density at radius 2 is 0.795 bits per heavy atom. The van der Waals surface area contributed by atoms with Crippen LogP contribution in [0.4, 0.5) is 5.69 Å². The fourth-order valence-electron chi connectivity index (χ4n) is 9.43. The molecular formula is C66H63N7. The van der Waals surface area contributed by atoms with Crippen molar-refractivity contribution in [3.05, 3.63) is 197 Å². The Bertz CT molecular complexity index is 3560. The zero-order valence-electron chi connectivity index (χ0n) is 44.2. The van der Waals surface area contributed by atoms with E-state index in [1.807, 2.05) is 48.5 Å². The van der Waals surface area contributed by atoms with Crippen LogP contribution >= 0.6 is 0 Å². The van der Waals surface area contributed by atoms with E-state index in [0.717, 1.165) is 72.3 Å². The van der Waals surface area contributed by atoms with Gasteiger partial charge in [-0.1, -0.05) is 180 Å². The van der Waals surface area contributed by atoms with Gasteiger partial charge in [-0.05, 0) is 116 Å². The van der Waals surface area contributed by atoms with Gasteiger partial charge in [-0.25, -0.2) is 29.8 Å². The minimum atomic E-state index is -0.143. The lowest BCUT2D eigenvalue weighted by molar-refractivity contribution is 0.568. The van der Waals surface area contributed by atoms with E-state index in [2.05, 4.69) is 208 Å². The molecule has 0 fully saturated rings. The molecular weight excluding hydrogens is 891 g/mol. The first-order valence-corrected chi connectivity index (χ1v) is 25.3. The molecule has 7 nitrogen and oxygen atoms in total. The maximum Gasteiger partial charge on any atom is 0.188 e. The monoisotopic (exact) mass is 954 g/mol. The minimum absolute atomic E-state index is 0.143. The van der Waals surface area contributed by atoms with Crippen LogP contribution in [-0.2, 0) is 21.7 Å². The molecule has 0 amide bonds. The third kappa shape index (κ3) is 9.70. The number of rotatable bonds is 7. The Balaban J connectivity index is 1.33. The SMILES string of the molecule is [C-]#[N+]c1ccc2c(c1)c1ccccc1n2-c1ccc(-c2nc(-c3ccccc3)cc(-c3ccccc3)n2)cc1-c1nc(-c2cc(C(C)(C)C)cc(C(C)(C)C)c2)nc(-c2cc(C(C)(C)C)cc(C(C)(C)C)c2)n1. The lowest BCUT2D eigenvalue weighted by Crippen LogP contribution is -2.17. The molecule has 7 aromatic carbocycles. The first-order valence-electron chi connectivity index (χ1n) is 25.3. The number of hydrogen-bond donors (Lipinski definition) is 0. The predicted octanol–water partition coefficient (Wildman–Crippen LogP) is 17.5. The van der Waals surface area contributed by atoms with Crippen LogP contribution in [0.1, 0.15) is 105 Å². The molecule has 0 aliphatic rings. The van der Waals surface area contributed by atoms with Crippen molar-refractivity contribution in [1.82, 2.24) is 29.5 Å². The smallest absolute Gasteiger partial charge is 0.188 e. The molecule has 0 unspecified atom stereocenters. The quantitative estimate of drug-likeness (QED) is 0.149. The third-order valence-electron chi connectivity index (χ3n) is 13.9. The van der Waals surface area contributed by atoms with Gasteiger partial charge >= 0.3 is 0 Å². The van der Waals surface area contributed by atoms with Crippen LogP contribution < -0.4 is 0 Å². The topological polar surface area (TPSA) is 73.7 Å². The molecule has 0 spiro atoms. The molecule has 0 aliphatic heterocycles. The van der Waals surface area contributed by atoms with E-state index >= 15 is 0 Å². The Morgan fingerprint density at radius 1 is 0.356 bits per heavy atom. The lowest BCUT2D eigenvalue weighted by atomic mass is 9.79. The number of benzene rings is 7. The molecule has 0 bridgehead atoms. The summed E-state index contributed by atoms with van der Waals surface area (Å²) >= 11 is 0. The summed E-state index contributed by atoms with van der Waals surface area (Å²) < 4.78 is 2.28. The Labute approximate surface area is 431 Å². The molecule has 0 aliphatic carbocycles. The highest BCUT2D eigenvalue weighted by Crippen LogP contribution is 2.42. The van der Waals surface area contributed by atoms with Gasteiger partial charge in [0.05, 0.1) is 34.7 Å². The summed E-state index contributed by atoms with van der Waals surface area (Å²) in [6.07, 6.45) is 0. The van der Waals surface area contributed by atoms with Gasteiger partial charge in [0.25, 0.3) is 0 Å². The number of nitrogens with zero attached hydrogens (tertiary/aromatic N) is 7. The van der Waals surface area contributed by atoms with Crippen LogP contribution in [0, 0.1) is 6.57 Å². The standard InChI is InChI=1S/C66H63N7/c1-63(2,3)46-32-44(33-47(37-46)64(4,5)6)60-70-61(45-34-48(65(7,8)9)38-49(35-45)66(10,11)12)72-62(71-60)53-36-43(59-68-54(41-22-16-14-17-23-41)40-55(69-59)42-24-18-15-19-25-42)28-30-58(53)73-56-27-21-20-26-51(56)52-39-50(67-13)29-31-57(52)73/h14-40H,1-12H3. The molecule has 3 heterocycles. The summed E-state index contributed by atoms with van der Waals surface area (Å²) in [5.41, 5.74) is 14.7. The zero-order chi connectivity index (χ0) is 51.6. The van der Waals surface area contributed by atoms with Crippen molar-refractivity contribution in [1.29, 1.82) is 0 Å². The lowest BCUT2D eigenvalue weighted by Gasteiger charge is -2.26. The second kappa shape index (κ2) is 18.2. The predicted molar refractivity (Wildman–Crippen MR) is 303 cm³/mol. The summed E-state index contributed by atoms with van der Waals surface area (Å²) in [5.74, 6) is 2.26. The van der Waals surface area contributed by atoms with Gasteiger partial charge in [-0.3, -0.25) is 0 Å². The van der Waals surface area contributed by atoms with Gasteiger partial charge in [-0.15, -0.1) is 0 Å². The molecule has 0 atom stereocenters. The van der Waals surface area contributed by atoms with Gasteiger partial charge in [-0.2, -0.15) is 0 Å². The highest BCUT2D eigenvalue weighted by Gasteiger charge is 2.27. The van der Waals surface area contributed by atoms with E-state index in [-0.39, 0.29) is 21.7 Å². The first-order chi connectivity index (χ1) is 34.6. The Kier molecular flexibility index (Phi) is 12.1. The number of hydrogen-bond acceptors (Lipinski definition) is 5. The molecule has 10 rings (SSSR count). The van der Waals surface area contributed by atoms with Crippen molar-refractivity contribution < 1.29 is 0 Å². The van der Waals surface area contributed by atoms with E-state index in [9.17, 15) is 0 Å². The van der Waals surface area contributed by atoms with E-state index < -0.39 is 0 Å². The van der Waals surface area contributed by atoms with Crippen molar-refractivity contribution >= 4 is 27.5 Å². The van der Waals surface area contributed by atoms with Crippen LogP contribution in [-0.4, -0.2) is 29.5 Å². The molecule has 0 radical (unpaired) electrons. The molecule has 0 saturated carbocycles. The minimum Gasteiger partial charge on any atom is -0.309 e. The van der Waals surface area contributed by atoms with Crippen molar-refractivity contribution in [2.45, 2.75) is 105 Å². The van der Waals surface area contributed by atoms with Crippen molar-refractivity contribution in [2.24, 2.45) is 0 Å². The Morgan fingerprint density at radius 3 is 1.27 bits per heavy atom. The number of fused-ring (bicyclic) bond motifs is 3. The Hall–Kier alpha value is -8.08. The maximum absolute atomic E-state index is 7.94. The molecule has 73 heavy (non-hydrogen) atoms. The van der Waals surface area contributed by atoms with E-state index in [1.54, 1.807) is 0 Å². The van der Waals surface area contributed by atoms with Gasteiger partial charge in [0.1, 0.15) is 0 Å². The zero-order valence-corrected chi connectivity index (χ0v) is 44.2. The first kappa shape index (κ1) is 48.5. The van der Waals surface area contributed by atoms with Gasteiger partial charge in [0.15, 0.2) is 29.0 Å². The number of aromatic nitrogens is 6. The fraction of sp³-hybridized carbons (Fsp3) is 0.242. The molecule has 362 valence electrons. The average molecular weight is 954 g/mol. The summed E-state index contributed by atoms with van der Waals surface area (Å²) in [6, 6.07) is 57.1. The molecule has 3 aromatic heterocycles. The van der Waals surface area contributed by atoms with Gasteiger partial charge in [0, 0.05) is 38.8 Å². The largest absolute Gasteiger partial charge is 0.309 e. The van der Waals surface area contributed by atoms with Crippen molar-refractivity contribution in [2.75, 3.05) is 0 Å². The third-order valence-corrected chi connectivity index (χ3v) is 13.9. The van der Waals surface area contributed by atoms with Gasteiger partial charge in [0.2, 0.25) is 0 Å². The van der Waals surface area contributed by atoms with Crippen LogP contribution in [0.15, 0.2) is 164 Å². The second-order valence-corrected chi connectivity index (χ2v) is 23.5. The highest BCUT2D eigenvalue weighted by molar-refractivity contribution is 6.10. The van der Waals surface area contributed by atoms with Crippen molar-refractivity contribution in [3.8, 4) is 73.8 Å². The van der Waals surface area contributed by atoms with Gasteiger partial charge < -0.3 is 4.57 Å². The summed E-state index contributed by atoms with van der Waals surface area (Å²) in [7, 11) is 0. The average Bonchev–Trinajstić information content (AvgIpc) is 3.70. The normalized spacial score (nSPS) is 12.4. The molecule has 7 heteroatoms. The van der Waals surface area contributed by atoms with Crippen molar-refractivity contribution in [3.63, 3.8) is 0 Å². The summed E-state index contributed by atoms with van der Waals surface area (Å²) in [5, 5.41) is 2.04. The van der Waals surface area contributed by atoms with Crippen LogP contribution in [0.2, 0.25) is 0 Å². The molecule has 0 N–H and O–H groups in total. The summed E-state index contributed by atoms with van der Waals surface area (Å²) in [4.78, 5) is 31.1. The van der Waals surface area contributed by atoms with E-state index in [0.29, 0.717) is 29.0 Å². The molecule has 10 aromatic rings. The van der Waals surface area contributed by atoms with Crippen LogP contribution in [0.3, 0.4) is 0 Å². The van der Waals surface area contributed by atoms with Crippen LogP contribution in [0.5, 0.6) is 0 Å². The highest BCUT2D eigenvalue weighted by atomic mass is 15.1. The van der Waals surface area contributed by atoms with E-state index in [1.165, 1.54) is 22.3 Å². The fourth-order valence-corrected chi connectivity index (χ4v) is 9.43. The van der Waals surface area contributed by atoms with Crippen LogP contribution in [0.25, 0.3) is 100 Å².